The number of nitrogens with zero attached hydrogens (tertiary/aromatic N) is 2. The number of rotatable bonds is 6. The van der Waals surface area contributed by atoms with Crippen molar-refractivity contribution in [2.24, 2.45) is 5.92 Å². The number of benzene rings is 1. The van der Waals surface area contributed by atoms with Gasteiger partial charge in [0.25, 0.3) is 5.91 Å². The second kappa shape index (κ2) is 9.91. The number of hydrogen-bond acceptors (Lipinski definition) is 6. The summed E-state index contributed by atoms with van der Waals surface area (Å²) >= 11 is 1.52. The van der Waals surface area contributed by atoms with E-state index in [1.807, 2.05) is 6.92 Å². The Balaban J connectivity index is 1.18. The quantitative estimate of drug-likeness (QED) is 0.526. The van der Waals surface area contributed by atoms with Crippen molar-refractivity contribution in [2.45, 2.75) is 75.4 Å². The molecule has 1 saturated carbocycles. The van der Waals surface area contributed by atoms with Gasteiger partial charge in [-0.3, -0.25) is 9.69 Å². The van der Waals surface area contributed by atoms with E-state index < -0.39 is 28.8 Å². The summed E-state index contributed by atoms with van der Waals surface area (Å²) in [6, 6.07) is 2.43. The number of alkyl halides is 3. The van der Waals surface area contributed by atoms with E-state index in [9.17, 15) is 27.5 Å². The zero-order valence-electron chi connectivity index (χ0n) is 20.6. The summed E-state index contributed by atoms with van der Waals surface area (Å²) in [4.78, 5) is 20.7. The predicted molar refractivity (Wildman–Crippen MR) is 129 cm³/mol. The van der Waals surface area contributed by atoms with Crippen LogP contribution in [0.5, 0.6) is 0 Å². The second-order valence-electron chi connectivity index (χ2n) is 10.5. The highest BCUT2D eigenvalue weighted by molar-refractivity contribution is 7.11. The van der Waals surface area contributed by atoms with Gasteiger partial charge in [0.05, 0.1) is 22.1 Å². The number of carbonyl (C=O) groups excluding carboxylic acids is 1. The van der Waals surface area contributed by atoms with E-state index in [1.54, 1.807) is 6.20 Å². The van der Waals surface area contributed by atoms with Crippen LogP contribution in [0.15, 0.2) is 24.4 Å². The Morgan fingerprint density at radius 3 is 2.51 bits per heavy atom. The number of likely N-dealkylation sites (tertiary alicyclic amines) is 1. The van der Waals surface area contributed by atoms with Crippen LogP contribution in [0.3, 0.4) is 0 Å². The number of ether oxygens (including phenoxy) is 1. The number of aryl methyl sites for hydroxylation is 1. The van der Waals surface area contributed by atoms with Gasteiger partial charge in [-0.25, -0.2) is 9.37 Å². The summed E-state index contributed by atoms with van der Waals surface area (Å²) in [5, 5.41) is 14.8. The van der Waals surface area contributed by atoms with Crippen LogP contribution in [0.2, 0.25) is 0 Å². The highest BCUT2D eigenvalue weighted by Crippen LogP contribution is 2.47. The maximum Gasteiger partial charge on any atom is 0.416 e. The van der Waals surface area contributed by atoms with Crippen molar-refractivity contribution in [3.05, 3.63) is 51.2 Å². The maximum atomic E-state index is 13.8. The average Bonchev–Trinajstić information content (AvgIpc) is 3.62. The van der Waals surface area contributed by atoms with Crippen LogP contribution in [-0.2, 0) is 27.9 Å². The standard InChI is InChI=1S/C26H31F4N3O3S/c1-16-31-14-22(37-16)24(35)6-8-33(9-7-24)21-4-5-25(36-15-21,18-2-3-18)23(34)32-13-17-10-19(26(28,29)30)12-20(27)11-17/h10-12,14,18,21,35H,2-9,13,15H2,1H3,(H,32,34)/t21?,25-/m0/s1. The molecule has 11 heteroatoms. The minimum Gasteiger partial charge on any atom is -0.384 e. The normalized spacial score (nSPS) is 26.7. The third kappa shape index (κ3) is 5.55. The molecule has 3 aliphatic rings. The lowest BCUT2D eigenvalue weighted by Crippen LogP contribution is -2.58. The van der Waals surface area contributed by atoms with Crippen LogP contribution < -0.4 is 5.32 Å². The van der Waals surface area contributed by atoms with Crippen molar-refractivity contribution in [1.29, 1.82) is 0 Å². The monoisotopic (exact) mass is 541 g/mol. The fraction of sp³-hybridized carbons (Fsp3) is 0.615. The van der Waals surface area contributed by atoms with Gasteiger partial charge in [0, 0.05) is 31.9 Å². The molecule has 0 bridgehead atoms. The number of piperidine rings is 1. The van der Waals surface area contributed by atoms with Gasteiger partial charge in [-0.05, 0) is 75.1 Å². The molecular formula is C26H31F4N3O3S. The van der Waals surface area contributed by atoms with Crippen molar-refractivity contribution in [2.75, 3.05) is 19.7 Å². The largest absolute Gasteiger partial charge is 0.416 e. The fourth-order valence-electron chi connectivity index (χ4n) is 5.64. The van der Waals surface area contributed by atoms with Crippen molar-refractivity contribution >= 4 is 17.2 Å². The summed E-state index contributed by atoms with van der Waals surface area (Å²) in [6.07, 6.45) is 1.29. The minimum absolute atomic E-state index is 0.0530. The Morgan fingerprint density at radius 2 is 1.95 bits per heavy atom. The minimum atomic E-state index is -4.67. The van der Waals surface area contributed by atoms with Gasteiger partial charge in [-0.1, -0.05) is 0 Å². The lowest BCUT2D eigenvalue weighted by molar-refractivity contribution is -0.167. The molecule has 0 spiro atoms. The van der Waals surface area contributed by atoms with E-state index in [2.05, 4.69) is 15.2 Å². The zero-order chi connectivity index (χ0) is 26.4. The first-order valence-corrected chi connectivity index (χ1v) is 13.5. The molecule has 1 aromatic carbocycles. The van der Waals surface area contributed by atoms with E-state index in [0.717, 1.165) is 41.3 Å². The van der Waals surface area contributed by atoms with E-state index in [0.29, 0.717) is 45.0 Å². The molecule has 3 fully saturated rings. The topological polar surface area (TPSA) is 74.7 Å². The Hall–Kier alpha value is -2.08. The molecule has 2 N–H and O–H groups in total. The third-order valence-electron chi connectivity index (χ3n) is 7.96. The number of aliphatic hydroxyl groups is 1. The Kier molecular flexibility index (Phi) is 7.10. The van der Waals surface area contributed by atoms with Crippen molar-refractivity contribution in [1.82, 2.24) is 15.2 Å². The first kappa shape index (κ1) is 26.5. The van der Waals surface area contributed by atoms with Gasteiger partial charge < -0.3 is 15.2 Å². The van der Waals surface area contributed by atoms with Gasteiger partial charge >= 0.3 is 6.18 Å². The summed E-state index contributed by atoms with van der Waals surface area (Å²) in [7, 11) is 0. The van der Waals surface area contributed by atoms with Gasteiger partial charge in [-0.2, -0.15) is 13.2 Å². The lowest BCUT2D eigenvalue weighted by atomic mass is 9.84. The van der Waals surface area contributed by atoms with Gasteiger partial charge in [0.1, 0.15) is 17.0 Å². The van der Waals surface area contributed by atoms with E-state index in [1.165, 1.54) is 11.3 Å². The second-order valence-corrected chi connectivity index (χ2v) is 11.7. The first-order chi connectivity index (χ1) is 17.5. The van der Waals surface area contributed by atoms with Crippen LogP contribution in [0.1, 0.15) is 59.5 Å². The fourth-order valence-corrected chi connectivity index (χ4v) is 6.56. The molecule has 2 atom stereocenters. The molecule has 6 nitrogen and oxygen atoms in total. The molecule has 2 aliphatic heterocycles. The van der Waals surface area contributed by atoms with Gasteiger partial charge in [0.15, 0.2) is 0 Å². The Morgan fingerprint density at radius 1 is 1.22 bits per heavy atom. The molecule has 5 rings (SSSR count). The number of halogens is 4. The summed E-state index contributed by atoms with van der Waals surface area (Å²) in [5.74, 6) is -1.26. The van der Waals surface area contributed by atoms with Crippen LogP contribution in [0.4, 0.5) is 17.6 Å². The summed E-state index contributed by atoms with van der Waals surface area (Å²) < 4.78 is 59.1. The number of amides is 1. The third-order valence-corrected chi connectivity index (χ3v) is 9.07. The molecule has 202 valence electrons. The highest BCUT2D eigenvalue weighted by Gasteiger charge is 2.54. The number of thiazole rings is 1. The lowest BCUT2D eigenvalue weighted by Gasteiger charge is -2.46. The summed E-state index contributed by atoms with van der Waals surface area (Å²) in [6.45, 7) is 3.52. The summed E-state index contributed by atoms with van der Waals surface area (Å²) in [5.41, 5.74) is -2.90. The van der Waals surface area contributed by atoms with E-state index in [4.69, 9.17) is 4.74 Å². The zero-order valence-corrected chi connectivity index (χ0v) is 21.4. The number of hydrogen-bond donors (Lipinski definition) is 2. The van der Waals surface area contributed by atoms with Gasteiger partial charge in [-0.15, -0.1) is 11.3 Å². The van der Waals surface area contributed by atoms with Crippen LogP contribution in [0, 0.1) is 18.7 Å². The molecule has 1 amide bonds. The maximum absolute atomic E-state index is 13.8. The molecule has 37 heavy (non-hydrogen) atoms. The molecule has 1 unspecified atom stereocenters. The van der Waals surface area contributed by atoms with E-state index >= 15 is 0 Å². The number of nitrogens with one attached hydrogen (secondary N) is 1. The molecule has 3 heterocycles. The van der Waals surface area contributed by atoms with Crippen molar-refractivity contribution < 1.29 is 32.2 Å². The molecule has 0 radical (unpaired) electrons. The molecule has 1 aromatic heterocycles. The SMILES string of the molecule is Cc1ncc(C2(O)CCN(C3CC[C@@](C(=O)NCc4cc(F)cc(C(F)(F)F)c4)(C4CC4)OC3)CC2)s1. The highest BCUT2D eigenvalue weighted by atomic mass is 32.1. The van der Waals surface area contributed by atoms with Gasteiger partial charge in [0.2, 0.25) is 0 Å². The number of aromatic nitrogens is 1. The first-order valence-electron chi connectivity index (χ1n) is 12.7. The number of carbonyl (C=O) groups is 1. The molecule has 2 aromatic rings. The van der Waals surface area contributed by atoms with Crippen molar-refractivity contribution in [3.63, 3.8) is 0 Å². The van der Waals surface area contributed by atoms with Crippen LogP contribution in [0.25, 0.3) is 0 Å². The van der Waals surface area contributed by atoms with Crippen LogP contribution >= 0.6 is 11.3 Å². The molecule has 2 saturated heterocycles. The average molecular weight is 542 g/mol. The molecular weight excluding hydrogens is 510 g/mol. The smallest absolute Gasteiger partial charge is 0.384 e. The Labute approximate surface area is 217 Å². The molecule has 1 aliphatic carbocycles. The predicted octanol–water partition coefficient (Wildman–Crippen LogP) is 4.54. The Bertz CT molecular complexity index is 1130. The van der Waals surface area contributed by atoms with Crippen LogP contribution in [-0.4, -0.2) is 52.2 Å². The van der Waals surface area contributed by atoms with E-state index in [-0.39, 0.29) is 30.0 Å². The van der Waals surface area contributed by atoms with Crippen molar-refractivity contribution in [3.8, 4) is 0 Å².